The van der Waals surface area contributed by atoms with Crippen molar-refractivity contribution in [3.63, 3.8) is 0 Å². The van der Waals surface area contributed by atoms with Crippen LogP contribution in [0.5, 0.6) is 0 Å². The summed E-state index contributed by atoms with van der Waals surface area (Å²) >= 11 is 5.91. The quantitative estimate of drug-likeness (QED) is 0.500. The van der Waals surface area contributed by atoms with Gasteiger partial charge in [0.25, 0.3) is 5.56 Å². The molecule has 3 rings (SSSR count). The minimum Gasteiger partial charge on any atom is -0.481 e. The SMILES string of the molecule is CC(C)(Cn1c(=O)cc(Nc2cccc(C(F)(F)F)c2)n(Cc2ccc(Cl)cc2)c1=O)C(=O)O. The van der Waals surface area contributed by atoms with Crippen molar-refractivity contribution in [2.75, 3.05) is 5.32 Å². The summed E-state index contributed by atoms with van der Waals surface area (Å²) in [5.74, 6) is -1.25. The van der Waals surface area contributed by atoms with Crippen molar-refractivity contribution >= 4 is 29.1 Å². The molecule has 0 saturated heterocycles. The standard InChI is InChI=1S/C23H21ClF3N3O4/c1-22(2,20(32)33)13-30-19(31)11-18(28-17-5-3-4-15(10-17)23(25,26)27)29(21(30)34)12-14-6-8-16(24)9-7-14/h3-11,28H,12-13H2,1-2H3,(H,32,33). The minimum absolute atomic E-state index is 0.0158. The summed E-state index contributed by atoms with van der Waals surface area (Å²) < 4.78 is 41.3. The Hall–Kier alpha value is -3.53. The first-order valence-electron chi connectivity index (χ1n) is 10.0. The molecule has 0 radical (unpaired) electrons. The fraction of sp³-hybridized carbons (Fsp3) is 0.261. The molecule has 7 nitrogen and oxygen atoms in total. The van der Waals surface area contributed by atoms with E-state index in [1.54, 1.807) is 24.3 Å². The number of carbonyl (C=O) groups is 1. The van der Waals surface area contributed by atoms with E-state index < -0.39 is 40.9 Å². The Morgan fingerprint density at radius 1 is 1.03 bits per heavy atom. The Morgan fingerprint density at radius 2 is 1.68 bits per heavy atom. The molecule has 0 aliphatic rings. The minimum atomic E-state index is -4.58. The summed E-state index contributed by atoms with van der Waals surface area (Å²) in [5, 5.41) is 12.6. The van der Waals surface area contributed by atoms with Crippen LogP contribution in [0.2, 0.25) is 5.02 Å². The first-order valence-corrected chi connectivity index (χ1v) is 10.4. The molecule has 0 aliphatic carbocycles. The molecule has 0 amide bonds. The van der Waals surface area contributed by atoms with Crippen molar-refractivity contribution in [1.29, 1.82) is 0 Å². The molecule has 180 valence electrons. The average molecular weight is 496 g/mol. The molecule has 3 aromatic rings. The molecule has 11 heteroatoms. The highest BCUT2D eigenvalue weighted by atomic mass is 35.5. The number of hydrogen-bond acceptors (Lipinski definition) is 4. The van der Waals surface area contributed by atoms with Crippen molar-refractivity contribution in [3.05, 3.63) is 91.6 Å². The van der Waals surface area contributed by atoms with E-state index in [9.17, 15) is 32.7 Å². The topological polar surface area (TPSA) is 93.3 Å². The summed E-state index contributed by atoms with van der Waals surface area (Å²) in [6.45, 7) is 2.30. The van der Waals surface area contributed by atoms with Gasteiger partial charge in [-0.1, -0.05) is 29.8 Å². The second kappa shape index (κ2) is 9.38. The predicted octanol–water partition coefficient (Wildman–Crippen LogP) is 4.58. The first kappa shape index (κ1) is 25.1. The van der Waals surface area contributed by atoms with Crippen molar-refractivity contribution in [2.24, 2.45) is 5.41 Å². The molecule has 0 saturated carbocycles. The first-order chi connectivity index (χ1) is 15.8. The Balaban J connectivity index is 2.13. The van der Waals surface area contributed by atoms with Gasteiger partial charge in [-0.15, -0.1) is 0 Å². The summed E-state index contributed by atoms with van der Waals surface area (Å²) in [4.78, 5) is 37.6. The molecule has 0 spiro atoms. The highest BCUT2D eigenvalue weighted by Gasteiger charge is 2.31. The third-order valence-electron chi connectivity index (χ3n) is 5.13. The van der Waals surface area contributed by atoms with Crippen LogP contribution < -0.4 is 16.6 Å². The van der Waals surface area contributed by atoms with E-state index >= 15 is 0 Å². The van der Waals surface area contributed by atoms with Gasteiger partial charge in [-0.25, -0.2) is 4.79 Å². The zero-order valence-electron chi connectivity index (χ0n) is 18.2. The van der Waals surface area contributed by atoms with Crippen LogP contribution in [-0.4, -0.2) is 20.2 Å². The predicted molar refractivity (Wildman–Crippen MR) is 122 cm³/mol. The van der Waals surface area contributed by atoms with Crippen LogP contribution in [-0.2, 0) is 24.1 Å². The number of anilines is 2. The maximum Gasteiger partial charge on any atom is 0.416 e. The van der Waals surface area contributed by atoms with Gasteiger partial charge in [-0.05, 0) is 49.7 Å². The fourth-order valence-electron chi connectivity index (χ4n) is 3.17. The van der Waals surface area contributed by atoms with Crippen LogP contribution >= 0.6 is 11.6 Å². The van der Waals surface area contributed by atoms with Gasteiger partial charge in [0.05, 0.1) is 17.5 Å². The van der Waals surface area contributed by atoms with Crippen LogP contribution in [0.3, 0.4) is 0 Å². The highest BCUT2D eigenvalue weighted by Crippen LogP contribution is 2.31. The van der Waals surface area contributed by atoms with Gasteiger partial charge in [0.2, 0.25) is 0 Å². The lowest BCUT2D eigenvalue weighted by molar-refractivity contribution is -0.147. The monoisotopic (exact) mass is 495 g/mol. The van der Waals surface area contributed by atoms with Crippen LogP contribution in [0.25, 0.3) is 0 Å². The smallest absolute Gasteiger partial charge is 0.416 e. The normalized spacial score (nSPS) is 11.9. The van der Waals surface area contributed by atoms with Crippen molar-refractivity contribution < 1.29 is 23.1 Å². The lowest BCUT2D eigenvalue weighted by Gasteiger charge is -2.22. The molecule has 0 bridgehead atoms. The number of aliphatic carboxylic acids is 1. The second-order valence-electron chi connectivity index (χ2n) is 8.34. The van der Waals surface area contributed by atoms with Crippen molar-refractivity contribution in [1.82, 2.24) is 9.13 Å². The lowest BCUT2D eigenvalue weighted by Crippen LogP contribution is -2.45. The summed E-state index contributed by atoms with van der Waals surface area (Å²) in [6.07, 6.45) is -4.58. The average Bonchev–Trinajstić information content (AvgIpc) is 2.75. The molecule has 0 unspecified atom stereocenters. The van der Waals surface area contributed by atoms with Crippen LogP contribution in [0, 0.1) is 5.41 Å². The van der Waals surface area contributed by atoms with E-state index in [-0.39, 0.29) is 18.1 Å². The van der Waals surface area contributed by atoms with Crippen LogP contribution in [0.15, 0.2) is 64.2 Å². The number of carboxylic acid groups (broad SMARTS) is 1. The van der Waals surface area contributed by atoms with E-state index in [0.717, 1.165) is 27.3 Å². The third kappa shape index (κ3) is 5.69. The fourth-order valence-corrected chi connectivity index (χ4v) is 3.30. The van der Waals surface area contributed by atoms with E-state index in [0.29, 0.717) is 10.6 Å². The lowest BCUT2D eigenvalue weighted by atomic mass is 9.94. The molecule has 34 heavy (non-hydrogen) atoms. The number of alkyl halides is 3. The van der Waals surface area contributed by atoms with Gasteiger partial charge in [0.1, 0.15) is 5.82 Å². The molecule has 1 heterocycles. The number of halogens is 4. The molecule has 0 atom stereocenters. The van der Waals surface area contributed by atoms with Gasteiger partial charge in [0.15, 0.2) is 0 Å². The number of hydrogen-bond donors (Lipinski definition) is 2. The number of carboxylic acids is 1. The zero-order valence-corrected chi connectivity index (χ0v) is 18.9. The maximum atomic E-state index is 13.3. The Labute approximate surface area is 197 Å². The summed E-state index contributed by atoms with van der Waals surface area (Å²) in [7, 11) is 0. The maximum absolute atomic E-state index is 13.3. The molecule has 2 N–H and O–H groups in total. The van der Waals surface area contributed by atoms with E-state index in [1.165, 1.54) is 26.0 Å². The van der Waals surface area contributed by atoms with Crippen molar-refractivity contribution in [2.45, 2.75) is 33.1 Å². The Kier molecular flexibility index (Phi) is 6.92. The van der Waals surface area contributed by atoms with Crippen molar-refractivity contribution in [3.8, 4) is 0 Å². The van der Waals surface area contributed by atoms with Gasteiger partial charge in [-0.3, -0.25) is 18.7 Å². The van der Waals surface area contributed by atoms with E-state index in [1.807, 2.05) is 0 Å². The van der Waals surface area contributed by atoms with E-state index in [2.05, 4.69) is 5.32 Å². The summed E-state index contributed by atoms with van der Waals surface area (Å²) in [6, 6.07) is 11.9. The third-order valence-corrected chi connectivity index (χ3v) is 5.38. The van der Waals surface area contributed by atoms with Gasteiger partial charge < -0.3 is 10.4 Å². The van der Waals surface area contributed by atoms with Gasteiger partial charge >= 0.3 is 17.8 Å². The number of nitrogens with zero attached hydrogens (tertiary/aromatic N) is 2. The van der Waals surface area contributed by atoms with Crippen LogP contribution in [0.4, 0.5) is 24.7 Å². The molecule has 1 aromatic heterocycles. The van der Waals surface area contributed by atoms with Gasteiger partial charge in [0, 0.05) is 23.3 Å². The second-order valence-corrected chi connectivity index (χ2v) is 8.78. The molecule has 2 aromatic carbocycles. The largest absolute Gasteiger partial charge is 0.481 e. The molecular weight excluding hydrogens is 475 g/mol. The molecule has 0 fully saturated rings. The van der Waals surface area contributed by atoms with Crippen LogP contribution in [0.1, 0.15) is 25.0 Å². The number of aromatic nitrogens is 2. The Morgan fingerprint density at radius 3 is 2.26 bits per heavy atom. The zero-order chi connectivity index (χ0) is 25.3. The molecular formula is C23H21ClF3N3O4. The Bertz CT molecular complexity index is 1330. The number of rotatable bonds is 7. The molecule has 0 aliphatic heterocycles. The highest BCUT2D eigenvalue weighted by molar-refractivity contribution is 6.30. The van der Waals surface area contributed by atoms with Gasteiger partial charge in [-0.2, -0.15) is 13.2 Å². The number of nitrogens with one attached hydrogen (secondary N) is 1. The summed E-state index contributed by atoms with van der Waals surface area (Å²) in [5.41, 5.74) is -3.28. The van der Waals surface area contributed by atoms with E-state index in [4.69, 9.17) is 11.6 Å². The number of benzene rings is 2.